The summed E-state index contributed by atoms with van der Waals surface area (Å²) < 4.78 is 4.91. The van der Waals surface area contributed by atoms with Crippen molar-refractivity contribution in [2.45, 2.75) is 68.7 Å². The van der Waals surface area contributed by atoms with Gasteiger partial charge in [0, 0.05) is 18.3 Å². The zero-order valence-electron chi connectivity index (χ0n) is 23.3. The summed E-state index contributed by atoms with van der Waals surface area (Å²) in [4.78, 5) is 45.8. The summed E-state index contributed by atoms with van der Waals surface area (Å²) in [5, 5.41) is 10.4. The van der Waals surface area contributed by atoms with Gasteiger partial charge in [-0.2, -0.15) is 0 Å². The number of carbonyl (C=O) groups excluding carboxylic acids is 3. The average Bonchev–Trinajstić information content (AvgIpc) is 3.51. The van der Waals surface area contributed by atoms with Crippen LogP contribution in [-0.4, -0.2) is 74.5 Å². The van der Waals surface area contributed by atoms with Crippen LogP contribution in [0.3, 0.4) is 0 Å². The zero-order chi connectivity index (χ0) is 28.3. The lowest BCUT2D eigenvalue weighted by Crippen LogP contribution is -2.59. The molecule has 212 valence electrons. The molecule has 8 heteroatoms. The van der Waals surface area contributed by atoms with Gasteiger partial charge in [-0.1, -0.05) is 63.3 Å². The second kappa shape index (κ2) is 12.3. The number of amides is 2. The van der Waals surface area contributed by atoms with Crippen LogP contribution in [0.1, 0.15) is 45.6 Å². The van der Waals surface area contributed by atoms with Gasteiger partial charge in [0.25, 0.3) is 0 Å². The summed E-state index contributed by atoms with van der Waals surface area (Å²) in [6, 6.07) is 8.44. The maximum absolute atomic E-state index is 14.6. The number of esters is 1. The third-order valence-electron chi connectivity index (χ3n) is 8.68. The number of carbonyl (C=O) groups is 3. The first-order valence-electron chi connectivity index (χ1n) is 14.0. The molecule has 3 fully saturated rings. The van der Waals surface area contributed by atoms with Crippen LogP contribution in [-0.2, 0) is 25.7 Å². The van der Waals surface area contributed by atoms with Gasteiger partial charge in [0.2, 0.25) is 11.8 Å². The predicted octanol–water partition coefficient (Wildman–Crippen LogP) is 4.06. The molecule has 7 atom stereocenters. The van der Waals surface area contributed by atoms with E-state index in [0.717, 1.165) is 18.4 Å². The Kier molecular flexibility index (Phi) is 9.27. The van der Waals surface area contributed by atoms with Crippen molar-refractivity contribution in [1.82, 2.24) is 9.80 Å². The number of benzene rings is 1. The first-order valence-corrected chi connectivity index (χ1v) is 14.9. The Morgan fingerprint density at radius 3 is 2.59 bits per heavy atom. The molecule has 0 aromatic heterocycles. The van der Waals surface area contributed by atoms with Crippen LogP contribution in [0.25, 0.3) is 0 Å². The quantitative estimate of drug-likeness (QED) is 0.225. The Balaban J connectivity index is 1.75. The van der Waals surface area contributed by atoms with Crippen LogP contribution in [0.4, 0.5) is 0 Å². The van der Waals surface area contributed by atoms with Crippen molar-refractivity contribution in [3.05, 3.63) is 61.2 Å². The van der Waals surface area contributed by atoms with Crippen molar-refractivity contribution < 1.29 is 24.2 Å². The second-order valence-electron chi connectivity index (χ2n) is 11.4. The highest BCUT2D eigenvalue weighted by atomic mass is 32.2. The number of thioether (sulfide) groups is 1. The second-order valence-corrected chi connectivity index (χ2v) is 12.9. The lowest BCUT2D eigenvalue weighted by atomic mass is 9.66. The molecule has 3 saturated heterocycles. The number of unbranched alkanes of at least 4 members (excludes halogenated alkanes) is 1. The molecule has 1 spiro atoms. The van der Waals surface area contributed by atoms with Gasteiger partial charge < -0.3 is 19.6 Å². The molecule has 7 nitrogen and oxygen atoms in total. The van der Waals surface area contributed by atoms with Gasteiger partial charge in [-0.3, -0.25) is 14.4 Å². The fourth-order valence-electron chi connectivity index (χ4n) is 6.85. The number of rotatable bonds is 13. The first kappa shape index (κ1) is 29.4. The summed E-state index contributed by atoms with van der Waals surface area (Å²) in [7, 11) is 0. The van der Waals surface area contributed by atoms with Crippen LogP contribution in [0, 0.1) is 23.7 Å². The number of hydrogen-bond acceptors (Lipinski definition) is 6. The molecule has 4 rings (SSSR count). The Morgan fingerprint density at radius 1 is 1.26 bits per heavy atom. The molecule has 3 heterocycles. The average molecular weight is 555 g/mol. The summed E-state index contributed by atoms with van der Waals surface area (Å²) in [5.74, 6) is -2.02. The minimum absolute atomic E-state index is 0.0408. The van der Waals surface area contributed by atoms with Crippen LogP contribution in [0.5, 0.6) is 0 Å². The lowest BCUT2D eigenvalue weighted by molar-refractivity contribution is -0.155. The number of hydrogen-bond donors (Lipinski definition) is 1. The number of allylic oxidation sites excluding steroid dienone is 1. The Labute approximate surface area is 236 Å². The number of likely N-dealkylation sites (tertiary alicyclic amines) is 1. The SMILES string of the molecule is C=CCCCOC(=O)[C@@H]1[C@@H]2CC(C)C3(S2)C(C(=O)N(CC=C)Cc2ccccc2)N([C@@H](CO)C(C)C)C(=O)[C@H]13. The van der Waals surface area contributed by atoms with Gasteiger partial charge in [0.1, 0.15) is 6.04 Å². The summed E-state index contributed by atoms with van der Waals surface area (Å²) in [6.45, 7) is 14.3. The largest absolute Gasteiger partial charge is 0.465 e. The fraction of sp³-hybridized carbons (Fsp3) is 0.581. The van der Waals surface area contributed by atoms with Crippen molar-refractivity contribution in [2.24, 2.45) is 23.7 Å². The minimum atomic E-state index is -0.790. The maximum Gasteiger partial charge on any atom is 0.310 e. The lowest BCUT2D eigenvalue weighted by Gasteiger charge is -2.42. The number of ether oxygens (including phenoxy) is 1. The summed E-state index contributed by atoms with van der Waals surface area (Å²) in [6.07, 6.45) is 5.66. The van der Waals surface area contributed by atoms with Crippen molar-refractivity contribution in [2.75, 3.05) is 19.8 Å². The molecule has 3 unspecified atom stereocenters. The van der Waals surface area contributed by atoms with Crippen molar-refractivity contribution in [1.29, 1.82) is 0 Å². The van der Waals surface area contributed by atoms with E-state index in [4.69, 9.17) is 4.74 Å². The number of aliphatic hydroxyl groups excluding tert-OH is 1. The van der Waals surface area contributed by atoms with Crippen molar-refractivity contribution >= 4 is 29.5 Å². The topological polar surface area (TPSA) is 87.2 Å². The smallest absolute Gasteiger partial charge is 0.310 e. The van der Waals surface area contributed by atoms with Crippen molar-refractivity contribution in [3.63, 3.8) is 0 Å². The van der Waals surface area contributed by atoms with E-state index in [1.165, 1.54) is 0 Å². The van der Waals surface area contributed by atoms with Crippen LogP contribution >= 0.6 is 11.8 Å². The molecule has 3 aliphatic heterocycles. The molecule has 39 heavy (non-hydrogen) atoms. The number of nitrogens with zero attached hydrogens (tertiary/aromatic N) is 2. The first-order chi connectivity index (χ1) is 18.7. The molecule has 0 radical (unpaired) electrons. The third kappa shape index (κ3) is 5.18. The molecular formula is C31H42N2O5S. The molecule has 1 aromatic rings. The normalized spacial score (nSPS) is 29.8. The van der Waals surface area contributed by atoms with E-state index in [2.05, 4.69) is 20.1 Å². The highest BCUT2D eigenvalue weighted by Gasteiger charge is 2.77. The van der Waals surface area contributed by atoms with Gasteiger partial charge in [0.05, 0.1) is 35.8 Å². The van der Waals surface area contributed by atoms with Gasteiger partial charge >= 0.3 is 5.97 Å². The Bertz CT molecular complexity index is 1080. The van der Waals surface area contributed by atoms with E-state index < -0.39 is 28.7 Å². The molecule has 1 aromatic carbocycles. The van der Waals surface area contributed by atoms with E-state index >= 15 is 0 Å². The number of aliphatic hydroxyl groups is 1. The number of fused-ring (bicyclic) bond motifs is 1. The fourth-order valence-corrected chi connectivity index (χ4v) is 9.24. The maximum atomic E-state index is 14.6. The molecule has 2 bridgehead atoms. The predicted molar refractivity (Wildman–Crippen MR) is 154 cm³/mol. The molecule has 3 aliphatic rings. The summed E-state index contributed by atoms with van der Waals surface area (Å²) in [5.41, 5.74) is 0.984. The minimum Gasteiger partial charge on any atom is -0.465 e. The van der Waals surface area contributed by atoms with Crippen LogP contribution in [0.2, 0.25) is 0 Å². The van der Waals surface area contributed by atoms with Gasteiger partial charge in [-0.25, -0.2) is 0 Å². The van der Waals surface area contributed by atoms with E-state index in [1.807, 2.05) is 44.2 Å². The molecule has 0 aliphatic carbocycles. The highest BCUT2D eigenvalue weighted by Crippen LogP contribution is 2.69. The third-order valence-corrected chi connectivity index (χ3v) is 10.8. The van der Waals surface area contributed by atoms with Gasteiger partial charge in [-0.15, -0.1) is 24.9 Å². The van der Waals surface area contributed by atoms with E-state index in [-0.39, 0.29) is 48.1 Å². The van der Waals surface area contributed by atoms with E-state index in [1.54, 1.807) is 33.7 Å². The van der Waals surface area contributed by atoms with Crippen LogP contribution in [0.15, 0.2) is 55.6 Å². The van der Waals surface area contributed by atoms with Crippen molar-refractivity contribution in [3.8, 4) is 0 Å². The van der Waals surface area contributed by atoms with E-state index in [9.17, 15) is 19.5 Å². The van der Waals surface area contributed by atoms with E-state index in [0.29, 0.717) is 19.5 Å². The van der Waals surface area contributed by atoms with Gasteiger partial charge in [-0.05, 0) is 36.7 Å². The molecule has 2 amide bonds. The molecular weight excluding hydrogens is 512 g/mol. The highest BCUT2D eigenvalue weighted by molar-refractivity contribution is 8.02. The zero-order valence-corrected chi connectivity index (χ0v) is 24.1. The standard InChI is InChI=1S/C31H42N2O5S/c1-6-8-12-16-38-30(37)25-24-17-21(5)31(39-24)26(25)28(35)33(23(19-34)20(3)4)27(31)29(36)32(15-7-2)18-22-13-10-9-11-14-22/h6-7,9-11,13-14,20-21,23-27,34H,1-2,8,12,15-19H2,3-5H3/t21?,23-,24-,25+,26-,27?,31?/m0/s1. The van der Waals surface area contributed by atoms with Crippen LogP contribution < -0.4 is 0 Å². The summed E-state index contributed by atoms with van der Waals surface area (Å²) >= 11 is 1.63. The van der Waals surface area contributed by atoms with Gasteiger partial charge in [0.15, 0.2) is 0 Å². The Hall–Kier alpha value is -2.58. The molecule has 0 saturated carbocycles. The molecule has 1 N–H and O–H groups in total. The Morgan fingerprint density at radius 2 is 1.97 bits per heavy atom. The monoisotopic (exact) mass is 554 g/mol.